The van der Waals surface area contributed by atoms with Gasteiger partial charge >= 0.3 is 5.97 Å². The number of carboxylic acids is 1. The van der Waals surface area contributed by atoms with Crippen molar-refractivity contribution in [1.29, 1.82) is 0 Å². The Hall–Kier alpha value is -3.63. The summed E-state index contributed by atoms with van der Waals surface area (Å²) in [6.07, 6.45) is -0.641. The predicted octanol–water partition coefficient (Wildman–Crippen LogP) is 8.34. The molecule has 4 heteroatoms. The summed E-state index contributed by atoms with van der Waals surface area (Å²) < 4.78 is 7.49. The molecule has 0 radical (unpaired) electrons. The van der Waals surface area contributed by atoms with E-state index < -0.39 is 12.1 Å². The number of aliphatic carboxylic acids is 1. The summed E-state index contributed by atoms with van der Waals surface area (Å²) in [4.78, 5) is 13.4. The van der Waals surface area contributed by atoms with Crippen LogP contribution in [-0.2, 0) is 11.2 Å². The third-order valence-electron chi connectivity index (χ3n) is 7.12. The maximum absolute atomic E-state index is 12.1. The van der Waals surface area contributed by atoms with E-state index in [-0.39, 0.29) is 0 Å². The molecule has 5 rings (SSSR count). The lowest BCUT2D eigenvalue weighted by atomic mass is 9.89. The number of hydrogen-bond donors (Lipinski definition) is 1. The van der Waals surface area contributed by atoms with Gasteiger partial charge in [-0.05, 0) is 96.5 Å². The van der Waals surface area contributed by atoms with Crippen LogP contribution in [0, 0.1) is 34.6 Å². The Morgan fingerprint density at radius 2 is 1.47 bits per heavy atom. The zero-order chi connectivity index (χ0) is 25.6. The van der Waals surface area contributed by atoms with Crippen molar-refractivity contribution in [3.8, 4) is 16.9 Å². The average molecular weight is 495 g/mol. The molecule has 0 aliphatic carbocycles. The zero-order valence-electron chi connectivity index (χ0n) is 21.3. The highest BCUT2D eigenvalue weighted by atomic mass is 32.1. The van der Waals surface area contributed by atoms with Gasteiger partial charge in [0.15, 0.2) is 6.10 Å². The second kappa shape index (κ2) is 9.44. The van der Waals surface area contributed by atoms with Crippen LogP contribution in [0.3, 0.4) is 0 Å². The van der Waals surface area contributed by atoms with Crippen molar-refractivity contribution in [3.05, 3.63) is 99.4 Å². The number of hydrogen-bond acceptors (Lipinski definition) is 3. The van der Waals surface area contributed by atoms with Crippen molar-refractivity contribution in [2.24, 2.45) is 0 Å². The maximum Gasteiger partial charge on any atom is 0.345 e. The summed E-state index contributed by atoms with van der Waals surface area (Å²) in [5, 5.41) is 13.7. The molecule has 0 saturated heterocycles. The van der Waals surface area contributed by atoms with Gasteiger partial charge in [0.2, 0.25) is 0 Å². The first kappa shape index (κ1) is 24.1. The molecule has 0 saturated carbocycles. The lowest BCUT2D eigenvalue weighted by molar-refractivity contribution is -0.145. The number of rotatable bonds is 6. The molecule has 1 aromatic heterocycles. The maximum atomic E-state index is 12.1. The number of benzene rings is 4. The van der Waals surface area contributed by atoms with Gasteiger partial charge in [0, 0.05) is 21.4 Å². The van der Waals surface area contributed by atoms with Gasteiger partial charge in [-0.1, -0.05) is 54.6 Å². The van der Waals surface area contributed by atoms with Crippen LogP contribution in [0.2, 0.25) is 0 Å². The third-order valence-corrected chi connectivity index (χ3v) is 8.45. The fourth-order valence-corrected chi connectivity index (χ4v) is 6.39. The van der Waals surface area contributed by atoms with Gasteiger partial charge in [0.1, 0.15) is 5.75 Å². The van der Waals surface area contributed by atoms with Gasteiger partial charge in [0.05, 0.1) is 0 Å². The molecular formula is C32H30O3S. The molecule has 0 spiro atoms. The van der Waals surface area contributed by atoms with E-state index >= 15 is 0 Å². The van der Waals surface area contributed by atoms with Gasteiger partial charge in [-0.3, -0.25) is 0 Å². The van der Waals surface area contributed by atoms with Crippen molar-refractivity contribution in [2.75, 3.05) is 0 Å². The molecule has 0 aliphatic rings. The minimum absolute atomic E-state index is 0.313. The lowest BCUT2D eigenvalue weighted by Gasteiger charge is -2.21. The van der Waals surface area contributed by atoms with Gasteiger partial charge < -0.3 is 9.84 Å². The first-order valence-electron chi connectivity index (χ1n) is 12.2. The highest BCUT2D eigenvalue weighted by Crippen LogP contribution is 2.45. The van der Waals surface area contributed by atoms with E-state index in [9.17, 15) is 9.90 Å². The molecule has 0 amide bonds. The Morgan fingerprint density at radius 1 is 0.861 bits per heavy atom. The van der Waals surface area contributed by atoms with Gasteiger partial charge in [-0.25, -0.2) is 4.79 Å². The molecule has 0 unspecified atom stereocenters. The summed E-state index contributed by atoms with van der Waals surface area (Å²) >= 11 is 1.86. The average Bonchev–Trinajstić information content (AvgIpc) is 3.16. The van der Waals surface area contributed by atoms with Crippen LogP contribution < -0.4 is 4.74 Å². The molecule has 182 valence electrons. The Balaban J connectivity index is 1.64. The number of thiophene rings is 1. The number of aryl methyl sites for hydroxylation is 5. The lowest BCUT2D eigenvalue weighted by Crippen LogP contribution is -2.30. The van der Waals surface area contributed by atoms with Crippen LogP contribution >= 0.6 is 11.3 Å². The molecule has 0 fully saturated rings. The number of carboxylic acid groups (broad SMARTS) is 1. The first-order valence-corrected chi connectivity index (χ1v) is 13.0. The minimum atomic E-state index is -0.961. The van der Waals surface area contributed by atoms with Crippen LogP contribution in [0.5, 0.6) is 5.75 Å². The topological polar surface area (TPSA) is 46.5 Å². The smallest absolute Gasteiger partial charge is 0.345 e. The number of carbonyl (C=O) groups is 1. The highest BCUT2D eigenvalue weighted by molar-refractivity contribution is 7.19. The monoisotopic (exact) mass is 494 g/mol. The fraction of sp³-hybridized carbons (Fsp3) is 0.219. The first-order chi connectivity index (χ1) is 17.3. The fourth-order valence-electron chi connectivity index (χ4n) is 5.21. The normalized spacial score (nSPS) is 12.2. The van der Waals surface area contributed by atoms with Crippen molar-refractivity contribution in [2.45, 2.75) is 47.1 Å². The van der Waals surface area contributed by atoms with Crippen molar-refractivity contribution >= 4 is 38.2 Å². The van der Waals surface area contributed by atoms with Crippen LogP contribution in [0.15, 0.2) is 66.7 Å². The Morgan fingerprint density at radius 3 is 2.11 bits per heavy atom. The SMILES string of the molecule is Cc1cc(-c2c3ccccc3c(C)c3sc(C)c(C)c23)cc(C)c1O[C@H](Cc1ccccc1)C(=O)O. The largest absolute Gasteiger partial charge is 0.478 e. The van der Waals surface area contributed by atoms with Crippen molar-refractivity contribution < 1.29 is 14.6 Å². The molecule has 4 aromatic carbocycles. The van der Waals surface area contributed by atoms with Gasteiger partial charge in [-0.15, -0.1) is 11.3 Å². The summed E-state index contributed by atoms with van der Waals surface area (Å²) in [5.74, 6) is -0.315. The van der Waals surface area contributed by atoms with Crippen molar-refractivity contribution in [3.63, 3.8) is 0 Å². The molecule has 0 bridgehead atoms. The molecule has 1 N–H and O–H groups in total. The minimum Gasteiger partial charge on any atom is -0.478 e. The molecular weight excluding hydrogens is 464 g/mol. The van der Waals surface area contributed by atoms with Crippen LogP contribution in [0.4, 0.5) is 0 Å². The van der Waals surface area contributed by atoms with E-state index in [0.717, 1.165) is 22.3 Å². The molecule has 1 atom stereocenters. The van der Waals surface area contributed by atoms with E-state index in [1.807, 2.05) is 55.5 Å². The quantitative estimate of drug-likeness (QED) is 0.258. The zero-order valence-corrected chi connectivity index (χ0v) is 22.1. The molecule has 3 nitrogen and oxygen atoms in total. The van der Waals surface area contributed by atoms with Gasteiger partial charge in [-0.2, -0.15) is 0 Å². The summed E-state index contributed by atoms with van der Waals surface area (Å²) in [6, 6.07) is 22.5. The van der Waals surface area contributed by atoms with E-state index in [1.165, 1.54) is 42.4 Å². The van der Waals surface area contributed by atoms with E-state index in [2.05, 4.69) is 57.2 Å². The van der Waals surface area contributed by atoms with Crippen LogP contribution in [-0.4, -0.2) is 17.2 Å². The molecule has 1 heterocycles. The number of fused-ring (bicyclic) bond motifs is 2. The van der Waals surface area contributed by atoms with Gasteiger partial charge in [0.25, 0.3) is 0 Å². The molecule has 5 aromatic rings. The Bertz CT molecular complexity index is 1590. The molecule has 0 aliphatic heterocycles. The van der Waals surface area contributed by atoms with Crippen LogP contribution in [0.1, 0.15) is 32.7 Å². The van der Waals surface area contributed by atoms with E-state index in [1.54, 1.807) is 0 Å². The second-order valence-electron chi connectivity index (χ2n) is 9.61. The van der Waals surface area contributed by atoms with Crippen molar-refractivity contribution in [1.82, 2.24) is 0 Å². The van der Waals surface area contributed by atoms with E-state index in [4.69, 9.17) is 4.74 Å². The summed E-state index contributed by atoms with van der Waals surface area (Å²) in [6.45, 7) is 10.6. The predicted molar refractivity (Wildman–Crippen MR) is 151 cm³/mol. The molecule has 36 heavy (non-hydrogen) atoms. The summed E-state index contributed by atoms with van der Waals surface area (Å²) in [7, 11) is 0. The highest BCUT2D eigenvalue weighted by Gasteiger charge is 2.23. The Labute approximate surface area is 216 Å². The Kier molecular flexibility index (Phi) is 6.31. The standard InChI is InChI=1S/C32H30O3S/c1-18-15-24(16-19(2)30(18)35-27(32(33)34)17-23-11-7-6-8-12-23)29-26-14-10-9-13-25(26)21(4)31-28(29)20(3)22(5)36-31/h6-16,27H,17H2,1-5H3,(H,33,34)/t27-/m1/s1. The second-order valence-corrected chi connectivity index (χ2v) is 10.8. The third kappa shape index (κ3) is 4.16. The van der Waals surface area contributed by atoms with E-state index in [0.29, 0.717) is 12.2 Å². The summed E-state index contributed by atoms with van der Waals surface area (Å²) in [5.41, 5.74) is 7.83. The number of ether oxygens (including phenoxy) is 1. The van der Waals surface area contributed by atoms with Crippen LogP contribution in [0.25, 0.3) is 32.0 Å².